The summed E-state index contributed by atoms with van der Waals surface area (Å²) in [7, 11) is 1.55. The second kappa shape index (κ2) is 8.58. The summed E-state index contributed by atoms with van der Waals surface area (Å²) in [5.74, 6) is 0.0536. The van der Waals surface area contributed by atoms with E-state index < -0.39 is 17.5 Å². The van der Waals surface area contributed by atoms with Crippen molar-refractivity contribution in [1.29, 1.82) is 0 Å². The van der Waals surface area contributed by atoms with Crippen LogP contribution in [0.1, 0.15) is 25.5 Å². The van der Waals surface area contributed by atoms with Crippen LogP contribution >= 0.6 is 0 Å². The zero-order chi connectivity index (χ0) is 26.6. The predicted octanol–water partition coefficient (Wildman–Crippen LogP) is 3.48. The second-order valence-electron chi connectivity index (χ2n) is 9.56. The van der Waals surface area contributed by atoms with E-state index in [1.807, 2.05) is 22.8 Å². The average molecular weight is 512 g/mol. The van der Waals surface area contributed by atoms with E-state index >= 15 is 0 Å². The highest BCUT2D eigenvalue weighted by atomic mass is 16.5. The maximum Gasteiger partial charge on any atom is 0.322 e. The summed E-state index contributed by atoms with van der Waals surface area (Å²) in [5.41, 5.74) is 1.98. The molecule has 0 radical (unpaired) electrons. The molecule has 1 fully saturated rings. The minimum Gasteiger partial charge on any atom is -0.497 e. The van der Waals surface area contributed by atoms with Crippen LogP contribution in [0.25, 0.3) is 33.2 Å². The molecule has 3 amide bonds. The molecule has 5 aromatic rings. The van der Waals surface area contributed by atoms with Gasteiger partial charge in [-0.2, -0.15) is 0 Å². The third-order valence-corrected chi connectivity index (χ3v) is 6.98. The van der Waals surface area contributed by atoms with E-state index in [9.17, 15) is 14.7 Å². The Kier molecular flexibility index (Phi) is 5.30. The van der Waals surface area contributed by atoms with Crippen LogP contribution in [-0.2, 0) is 16.9 Å². The van der Waals surface area contributed by atoms with Crippen molar-refractivity contribution in [2.45, 2.75) is 32.0 Å². The Bertz CT molecular complexity index is 1720. The van der Waals surface area contributed by atoms with Crippen LogP contribution < -0.4 is 15.4 Å². The lowest BCUT2D eigenvalue weighted by Crippen LogP contribution is -2.47. The Balaban J connectivity index is 1.41. The van der Waals surface area contributed by atoms with Gasteiger partial charge in [0.15, 0.2) is 17.1 Å². The van der Waals surface area contributed by atoms with Gasteiger partial charge in [-0.25, -0.2) is 19.7 Å². The Morgan fingerprint density at radius 3 is 2.55 bits per heavy atom. The maximum absolute atomic E-state index is 13.2. The van der Waals surface area contributed by atoms with Gasteiger partial charge in [0.2, 0.25) is 0 Å². The fraction of sp³-hybridized carbons (Fsp3) is 0.222. The molecule has 0 spiro atoms. The molecule has 11 heteroatoms. The molecular weight excluding hydrogens is 486 g/mol. The molecule has 1 aliphatic rings. The van der Waals surface area contributed by atoms with Crippen molar-refractivity contribution < 1.29 is 19.4 Å². The summed E-state index contributed by atoms with van der Waals surface area (Å²) < 4.78 is 8.80. The Morgan fingerprint density at radius 1 is 1.08 bits per heavy atom. The van der Waals surface area contributed by atoms with Crippen LogP contribution in [0.3, 0.4) is 0 Å². The lowest BCUT2D eigenvalue weighted by atomic mass is 9.88. The first-order chi connectivity index (χ1) is 18.3. The molecule has 1 atom stereocenters. The lowest BCUT2D eigenvalue weighted by Gasteiger charge is -2.27. The molecule has 3 N–H and O–H groups in total. The number of aromatic nitrogens is 5. The average Bonchev–Trinajstić information content (AvgIpc) is 3.57. The van der Waals surface area contributed by atoms with Crippen LogP contribution in [0.5, 0.6) is 11.6 Å². The van der Waals surface area contributed by atoms with Crippen molar-refractivity contribution in [3.8, 4) is 22.9 Å². The summed E-state index contributed by atoms with van der Waals surface area (Å²) >= 11 is 0. The first kappa shape index (κ1) is 23.5. The molecular formula is C27H25N7O4. The van der Waals surface area contributed by atoms with Crippen molar-refractivity contribution >= 4 is 33.9 Å². The number of aromatic hydroxyl groups is 1. The quantitative estimate of drug-likeness (QED) is 0.297. The number of urea groups is 1. The topological polar surface area (TPSA) is 136 Å². The third-order valence-electron chi connectivity index (χ3n) is 6.98. The van der Waals surface area contributed by atoms with Crippen molar-refractivity contribution in [3.63, 3.8) is 0 Å². The van der Waals surface area contributed by atoms with Gasteiger partial charge in [-0.3, -0.25) is 10.1 Å². The number of hydrogen-bond donors (Lipinski definition) is 3. The van der Waals surface area contributed by atoms with E-state index in [-0.39, 0.29) is 18.5 Å². The Morgan fingerprint density at radius 2 is 1.87 bits per heavy atom. The second-order valence-corrected chi connectivity index (χ2v) is 9.56. The number of imide groups is 1. The van der Waals surface area contributed by atoms with Crippen LogP contribution in [-0.4, -0.2) is 48.2 Å². The predicted molar refractivity (Wildman–Crippen MR) is 140 cm³/mol. The molecule has 0 aliphatic carbocycles. The number of hydrogen-bond acceptors (Lipinski definition) is 7. The fourth-order valence-corrected chi connectivity index (χ4v) is 4.98. The number of nitrogens with zero attached hydrogens (tertiary/aromatic N) is 5. The van der Waals surface area contributed by atoms with E-state index in [0.29, 0.717) is 27.9 Å². The number of methoxy groups -OCH3 is 1. The normalized spacial score (nSPS) is 17.4. The lowest BCUT2D eigenvalue weighted by molar-refractivity contribution is -0.124. The number of carbonyl (C=O) groups excluding carboxylic acids is 2. The molecule has 3 aromatic heterocycles. The number of ether oxygens (including phenoxy) is 1. The Hall–Kier alpha value is -4.93. The molecule has 6 rings (SSSR count). The molecule has 1 aliphatic heterocycles. The summed E-state index contributed by atoms with van der Waals surface area (Å²) in [6, 6.07) is 12.1. The summed E-state index contributed by atoms with van der Waals surface area (Å²) in [5, 5.41) is 17.4. The van der Waals surface area contributed by atoms with E-state index in [4.69, 9.17) is 4.74 Å². The van der Waals surface area contributed by atoms with Gasteiger partial charge in [0.05, 0.1) is 20.0 Å². The number of fused-ring (bicyclic) bond motifs is 2. The summed E-state index contributed by atoms with van der Waals surface area (Å²) in [4.78, 5) is 38.9. The minimum absolute atomic E-state index is 0.0245. The van der Waals surface area contributed by atoms with Gasteiger partial charge in [-0.05, 0) is 37.6 Å². The van der Waals surface area contributed by atoms with Gasteiger partial charge in [-0.1, -0.05) is 24.3 Å². The van der Waals surface area contributed by atoms with Crippen LogP contribution in [0, 0.1) is 0 Å². The number of carbonyl (C=O) groups is 2. The van der Waals surface area contributed by atoms with Gasteiger partial charge in [-0.15, -0.1) is 0 Å². The van der Waals surface area contributed by atoms with E-state index in [0.717, 1.165) is 16.6 Å². The highest BCUT2D eigenvalue weighted by molar-refractivity contribution is 6.07. The van der Waals surface area contributed by atoms with Gasteiger partial charge in [0.25, 0.3) is 5.91 Å². The van der Waals surface area contributed by atoms with Crippen LogP contribution in [0.15, 0.2) is 61.3 Å². The molecule has 0 unspecified atom stereocenters. The highest BCUT2D eigenvalue weighted by Crippen LogP contribution is 2.36. The molecule has 11 nitrogen and oxygen atoms in total. The van der Waals surface area contributed by atoms with Gasteiger partial charge in [0.1, 0.15) is 23.3 Å². The zero-order valence-corrected chi connectivity index (χ0v) is 21.0. The molecule has 0 saturated carbocycles. The molecule has 4 heterocycles. The summed E-state index contributed by atoms with van der Waals surface area (Å²) in [6.45, 7) is 4.09. The van der Waals surface area contributed by atoms with Crippen molar-refractivity contribution in [2.75, 3.05) is 7.11 Å². The summed E-state index contributed by atoms with van der Waals surface area (Å²) in [6.07, 6.45) is 4.99. The van der Waals surface area contributed by atoms with Crippen molar-refractivity contribution in [3.05, 3.63) is 66.9 Å². The first-order valence-electron chi connectivity index (χ1n) is 12.1. The monoisotopic (exact) mass is 511 g/mol. The van der Waals surface area contributed by atoms with Gasteiger partial charge in [0, 0.05) is 28.6 Å². The van der Waals surface area contributed by atoms with E-state index in [1.165, 1.54) is 6.33 Å². The smallest absolute Gasteiger partial charge is 0.322 e. The van der Waals surface area contributed by atoms with Crippen LogP contribution in [0.2, 0.25) is 0 Å². The number of benzene rings is 2. The Labute approximate surface area is 217 Å². The zero-order valence-electron chi connectivity index (χ0n) is 21.0. The van der Waals surface area contributed by atoms with Gasteiger partial charge < -0.3 is 24.3 Å². The fourth-order valence-electron chi connectivity index (χ4n) is 4.98. The molecule has 1 saturated heterocycles. The van der Waals surface area contributed by atoms with Crippen LogP contribution in [0.4, 0.5) is 4.79 Å². The van der Waals surface area contributed by atoms with Gasteiger partial charge >= 0.3 is 6.03 Å². The van der Waals surface area contributed by atoms with E-state index in [1.54, 1.807) is 48.5 Å². The first-order valence-corrected chi connectivity index (χ1v) is 12.1. The standard InChI is InChI=1S/C27H25N7O4/c1-15(2)34-14-30-22-21(28-13-29-23(22)34)16-4-7-18(8-5-16)27(25(36)31-26(37)32-27)12-33-11-17-6-9-19(38-3)10-20(17)24(33)35/h4-11,13-15,35H,12H2,1-3H3,(H2,31,32,36,37)/t27-/m0/s1. The van der Waals surface area contributed by atoms with Crippen molar-refractivity contribution in [2.24, 2.45) is 0 Å². The van der Waals surface area contributed by atoms with Crippen molar-refractivity contribution in [1.82, 2.24) is 34.7 Å². The molecule has 38 heavy (non-hydrogen) atoms. The minimum atomic E-state index is -1.44. The third kappa shape index (κ3) is 3.54. The van der Waals surface area contributed by atoms with E-state index in [2.05, 4.69) is 39.4 Å². The number of amides is 3. The largest absolute Gasteiger partial charge is 0.497 e. The number of nitrogens with one attached hydrogen (secondary N) is 2. The molecule has 192 valence electrons. The molecule has 2 aromatic carbocycles. The highest BCUT2D eigenvalue weighted by Gasteiger charge is 2.48. The number of rotatable bonds is 6. The molecule has 0 bridgehead atoms. The number of imidazole rings is 1. The SMILES string of the molecule is COc1ccc2cn(C[C@@]3(c4ccc(-c5ncnc6c5ncn6C(C)C)cc4)NC(=O)NC3=O)c(O)c2c1. The maximum atomic E-state index is 13.2.